The van der Waals surface area contributed by atoms with Crippen LogP contribution in [0.2, 0.25) is 0 Å². The van der Waals surface area contributed by atoms with Crippen LogP contribution in [-0.4, -0.2) is 21.8 Å². The quantitative estimate of drug-likeness (QED) is 0.539. The van der Waals surface area contributed by atoms with Crippen molar-refractivity contribution >= 4 is 27.2 Å². The average molecular weight is 358 g/mol. The number of halogens is 1. The number of nitrogens with one attached hydrogen (secondary N) is 1. The molecule has 0 bridgehead atoms. The van der Waals surface area contributed by atoms with Gasteiger partial charge in [0.2, 0.25) is 0 Å². The Morgan fingerprint density at radius 1 is 1.24 bits per heavy atom. The second kappa shape index (κ2) is 7.40. The predicted molar refractivity (Wildman–Crippen MR) is 94.2 cm³/mol. The molecule has 5 nitrogen and oxygen atoms in total. The summed E-state index contributed by atoms with van der Waals surface area (Å²) < 4.78 is 36.4. The highest BCUT2D eigenvalue weighted by Gasteiger charge is 2.10. The van der Waals surface area contributed by atoms with Crippen molar-refractivity contribution in [3.05, 3.63) is 60.0 Å². The Bertz CT molecular complexity index is 962. The Hall–Kier alpha value is -2.80. The van der Waals surface area contributed by atoms with Gasteiger partial charge in [-0.2, -0.15) is 0 Å². The Labute approximate surface area is 146 Å². The number of nitrogens with zero attached hydrogens (tertiary/aromatic N) is 1. The zero-order valence-corrected chi connectivity index (χ0v) is 14.2. The van der Waals surface area contributed by atoms with Crippen LogP contribution in [0.3, 0.4) is 0 Å². The highest BCUT2D eigenvalue weighted by molar-refractivity contribution is 7.98. The van der Waals surface area contributed by atoms with E-state index in [0.29, 0.717) is 21.5 Å². The third-order valence-electron chi connectivity index (χ3n) is 3.61. The van der Waals surface area contributed by atoms with E-state index < -0.39 is 16.6 Å². The first-order valence-corrected chi connectivity index (χ1v) is 8.59. The molecule has 0 spiro atoms. The molecule has 0 radical (unpaired) electrons. The summed E-state index contributed by atoms with van der Waals surface area (Å²) in [6.07, 6.45) is 1.58. The summed E-state index contributed by atoms with van der Waals surface area (Å²) in [7, 11) is -0.0666. The molecule has 3 rings (SSSR count). The lowest BCUT2D eigenvalue weighted by atomic mass is 10.2. The summed E-state index contributed by atoms with van der Waals surface area (Å²) in [6.45, 7) is 0.218. The van der Waals surface area contributed by atoms with Crippen LogP contribution >= 0.6 is 0 Å². The minimum atomic E-state index is -1.47. The Kier molecular flexibility index (Phi) is 5.04. The standard InChI is InChI=1S/C18H15FN2O3S/c1-23-18-9-16-14(8-15(18)19)17(5-6-21-16)24-10-12-3-2-4-13(7-12)25(22)11-20/h2-9,11,20H,10H2,1H3. The molecule has 25 heavy (non-hydrogen) atoms. The van der Waals surface area contributed by atoms with Crippen LogP contribution in [0.4, 0.5) is 4.39 Å². The first-order valence-electron chi connectivity index (χ1n) is 7.37. The summed E-state index contributed by atoms with van der Waals surface area (Å²) in [5.41, 5.74) is 2.24. The van der Waals surface area contributed by atoms with Crippen molar-refractivity contribution in [2.24, 2.45) is 0 Å². The average Bonchev–Trinajstić information content (AvgIpc) is 2.65. The molecule has 2 aromatic carbocycles. The van der Waals surface area contributed by atoms with Crippen LogP contribution in [0.15, 0.2) is 53.6 Å². The molecule has 0 aliphatic heterocycles. The van der Waals surface area contributed by atoms with E-state index in [0.717, 1.165) is 11.1 Å². The smallest absolute Gasteiger partial charge is 0.165 e. The van der Waals surface area contributed by atoms with E-state index >= 15 is 0 Å². The second-order valence-electron chi connectivity index (χ2n) is 5.16. The van der Waals surface area contributed by atoms with Gasteiger partial charge >= 0.3 is 0 Å². The molecule has 0 saturated carbocycles. The van der Waals surface area contributed by atoms with E-state index in [1.54, 1.807) is 30.5 Å². The van der Waals surface area contributed by atoms with Gasteiger partial charge in [-0.3, -0.25) is 10.4 Å². The number of ether oxygens (including phenoxy) is 2. The zero-order valence-electron chi connectivity index (χ0n) is 13.4. The number of hydrogen-bond acceptors (Lipinski definition) is 5. The maximum absolute atomic E-state index is 14.0. The van der Waals surface area contributed by atoms with E-state index in [9.17, 15) is 8.60 Å². The number of fused-ring (bicyclic) bond motifs is 1. The first kappa shape index (κ1) is 17.0. The number of rotatable bonds is 6. The number of methoxy groups -OCH3 is 1. The van der Waals surface area contributed by atoms with Gasteiger partial charge in [0.05, 0.1) is 29.0 Å². The lowest BCUT2D eigenvalue weighted by Gasteiger charge is -2.11. The molecule has 1 atom stereocenters. The molecule has 1 N–H and O–H groups in total. The maximum Gasteiger partial charge on any atom is 0.165 e. The molecule has 0 aliphatic rings. The lowest BCUT2D eigenvalue weighted by Crippen LogP contribution is -1.99. The Morgan fingerprint density at radius 3 is 2.84 bits per heavy atom. The summed E-state index contributed by atoms with van der Waals surface area (Å²) in [5, 5.41) is 7.63. The summed E-state index contributed by atoms with van der Waals surface area (Å²) in [4.78, 5) is 4.74. The minimum absolute atomic E-state index is 0.124. The SMILES string of the molecule is COc1cc2nccc(OCc3cccc(S(=O)C=N)c3)c2cc1F. The van der Waals surface area contributed by atoms with Gasteiger partial charge in [0.15, 0.2) is 11.6 Å². The maximum atomic E-state index is 14.0. The van der Waals surface area contributed by atoms with E-state index in [-0.39, 0.29) is 12.4 Å². The predicted octanol–water partition coefficient (Wildman–Crippen LogP) is 3.68. The van der Waals surface area contributed by atoms with Gasteiger partial charge in [0.1, 0.15) is 12.4 Å². The van der Waals surface area contributed by atoms with Gasteiger partial charge in [-0.25, -0.2) is 8.60 Å². The normalized spacial score (nSPS) is 11.9. The van der Waals surface area contributed by atoms with Gasteiger partial charge in [-0.05, 0) is 29.8 Å². The van der Waals surface area contributed by atoms with Crippen molar-refractivity contribution in [3.8, 4) is 11.5 Å². The summed E-state index contributed by atoms with van der Waals surface area (Å²) in [6, 6.07) is 11.5. The fourth-order valence-corrected chi connectivity index (χ4v) is 3.01. The highest BCUT2D eigenvalue weighted by atomic mass is 32.2. The van der Waals surface area contributed by atoms with Crippen molar-refractivity contribution in [3.63, 3.8) is 0 Å². The fraction of sp³-hybridized carbons (Fsp3) is 0.111. The van der Waals surface area contributed by atoms with Gasteiger partial charge in [0, 0.05) is 22.5 Å². The lowest BCUT2D eigenvalue weighted by molar-refractivity contribution is 0.309. The van der Waals surface area contributed by atoms with Gasteiger partial charge < -0.3 is 9.47 Å². The largest absolute Gasteiger partial charge is 0.494 e. The Morgan fingerprint density at radius 2 is 2.08 bits per heavy atom. The minimum Gasteiger partial charge on any atom is -0.494 e. The van der Waals surface area contributed by atoms with E-state index in [4.69, 9.17) is 14.9 Å². The number of aromatic nitrogens is 1. The van der Waals surface area contributed by atoms with Crippen LogP contribution in [0.25, 0.3) is 10.9 Å². The topological polar surface area (TPSA) is 72.3 Å². The van der Waals surface area contributed by atoms with Gasteiger partial charge in [-0.15, -0.1) is 0 Å². The van der Waals surface area contributed by atoms with E-state index in [1.807, 2.05) is 6.07 Å². The van der Waals surface area contributed by atoms with Gasteiger partial charge in [0.25, 0.3) is 0 Å². The first-order chi connectivity index (χ1) is 12.1. The van der Waals surface area contributed by atoms with E-state index in [2.05, 4.69) is 4.98 Å². The Balaban J connectivity index is 1.87. The number of hydrogen-bond donors (Lipinski definition) is 1. The summed E-state index contributed by atoms with van der Waals surface area (Å²) in [5.74, 6) is 0.125. The molecule has 1 heterocycles. The molecule has 7 heteroatoms. The molecule has 3 aromatic rings. The number of benzene rings is 2. The summed E-state index contributed by atoms with van der Waals surface area (Å²) >= 11 is 0. The molecule has 0 saturated heterocycles. The van der Waals surface area contributed by atoms with Crippen LogP contribution < -0.4 is 9.47 Å². The van der Waals surface area contributed by atoms with Crippen molar-refractivity contribution in [2.75, 3.05) is 7.11 Å². The van der Waals surface area contributed by atoms with Crippen LogP contribution in [0.1, 0.15) is 5.56 Å². The molecule has 0 amide bonds. The second-order valence-corrected chi connectivity index (χ2v) is 6.47. The highest BCUT2D eigenvalue weighted by Crippen LogP contribution is 2.30. The molecular formula is C18H15FN2O3S. The molecule has 0 aliphatic carbocycles. The van der Waals surface area contributed by atoms with E-state index in [1.165, 1.54) is 19.2 Å². The fourth-order valence-electron chi connectivity index (χ4n) is 2.39. The van der Waals surface area contributed by atoms with Gasteiger partial charge in [-0.1, -0.05) is 12.1 Å². The van der Waals surface area contributed by atoms with Crippen molar-refractivity contribution in [1.82, 2.24) is 4.98 Å². The van der Waals surface area contributed by atoms with Crippen molar-refractivity contribution in [2.45, 2.75) is 11.5 Å². The van der Waals surface area contributed by atoms with Crippen LogP contribution in [0.5, 0.6) is 11.5 Å². The molecule has 1 aromatic heterocycles. The molecular weight excluding hydrogens is 343 g/mol. The van der Waals surface area contributed by atoms with Crippen molar-refractivity contribution in [1.29, 1.82) is 5.41 Å². The zero-order chi connectivity index (χ0) is 17.8. The molecule has 1 unspecified atom stereocenters. The van der Waals surface area contributed by atoms with Crippen molar-refractivity contribution < 1.29 is 18.1 Å². The van der Waals surface area contributed by atoms with Crippen LogP contribution in [-0.2, 0) is 17.4 Å². The molecule has 0 fully saturated rings. The van der Waals surface area contributed by atoms with Crippen LogP contribution in [0, 0.1) is 11.2 Å². The third kappa shape index (κ3) is 3.66. The number of pyridine rings is 1. The monoisotopic (exact) mass is 358 g/mol. The molecule has 128 valence electrons. The third-order valence-corrected chi connectivity index (χ3v) is 4.54.